The van der Waals surface area contributed by atoms with Gasteiger partial charge in [0.2, 0.25) is 0 Å². The number of hydrogen-bond donors (Lipinski definition) is 0. The number of hydrogen-bond acceptors (Lipinski definition) is 0. The molecule has 0 heteroatoms. The highest BCUT2D eigenvalue weighted by atomic mass is 14.4. The Kier molecular flexibility index (Phi) is 1.95. The summed E-state index contributed by atoms with van der Waals surface area (Å²) in [4.78, 5) is 0. The van der Waals surface area contributed by atoms with E-state index in [2.05, 4.69) is 40.7 Å². The fourth-order valence-electron chi connectivity index (χ4n) is 2.88. The molecule has 1 aromatic rings. The largest absolute Gasteiger partial charge is 0.0626 e. The van der Waals surface area contributed by atoms with Gasteiger partial charge in [-0.3, -0.25) is 0 Å². The van der Waals surface area contributed by atoms with E-state index < -0.39 is 0 Å². The van der Waals surface area contributed by atoms with Crippen LogP contribution in [-0.4, -0.2) is 0 Å². The topological polar surface area (TPSA) is 0 Å². The van der Waals surface area contributed by atoms with Gasteiger partial charge >= 0.3 is 0 Å². The van der Waals surface area contributed by atoms with Gasteiger partial charge in [-0.25, -0.2) is 0 Å². The van der Waals surface area contributed by atoms with Crippen molar-refractivity contribution < 1.29 is 1.37 Å². The zero-order chi connectivity index (χ0) is 12.1. The van der Waals surface area contributed by atoms with Gasteiger partial charge in [-0.05, 0) is 47.3 Å². The fraction of sp³-hybridized carbons (Fsp3) is 0.600. The summed E-state index contributed by atoms with van der Waals surface area (Å²) in [6.07, 6.45) is 2.40. The normalized spacial score (nSPS) is 23.1. The van der Waals surface area contributed by atoms with Crippen molar-refractivity contribution in [3.05, 3.63) is 34.9 Å². The molecule has 1 aromatic carbocycles. The van der Waals surface area contributed by atoms with Crippen LogP contribution in [0.4, 0.5) is 0 Å². The van der Waals surface area contributed by atoms with Crippen molar-refractivity contribution in [3.63, 3.8) is 0 Å². The summed E-state index contributed by atoms with van der Waals surface area (Å²) in [5, 5.41) is 0. The Hall–Kier alpha value is -0.780. The van der Waals surface area contributed by atoms with Gasteiger partial charge in [0, 0.05) is 0 Å². The standard InChI is InChI=1S/C15H22/c1-11-7-6-8-12-13(11)15(4,5)10-9-14(12,2)3/h6-8H,9-10H2,1-5H3/i8D. The highest BCUT2D eigenvalue weighted by Gasteiger charge is 2.37. The van der Waals surface area contributed by atoms with Crippen molar-refractivity contribution >= 4 is 0 Å². The molecular formula is C15H22. The van der Waals surface area contributed by atoms with Crippen molar-refractivity contribution in [2.75, 3.05) is 0 Å². The molecule has 0 aliphatic heterocycles. The number of aryl methyl sites for hydroxylation is 1. The van der Waals surface area contributed by atoms with E-state index in [-0.39, 0.29) is 10.8 Å². The lowest BCUT2D eigenvalue weighted by Gasteiger charge is -2.42. The Morgan fingerprint density at radius 2 is 1.73 bits per heavy atom. The third-order valence-corrected chi connectivity index (χ3v) is 3.93. The maximum Gasteiger partial charge on any atom is 0.0626 e. The van der Waals surface area contributed by atoms with Gasteiger partial charge in [-0.15, -0.1) is 0 Å². The van der Waals surface area contributed by atoms with Gasteiger partial charge in [0.05, 0.1) is 1.37 Å². The van der Waals surface area contributed by atoms with Gasteiger partial charge in [-0.2, -0.15) is 0 Å². The molecule has 0 fully saturated rings. The molecule has 0 nitrogen and oxygen atoms in total. The van der Waals surface area contributed by atoms with Crippen molar-refractivity contribution in [3.8, 4) is 0 Å². The molecular weight excluding hydrogens is 180 g/mol. The lowest BCUT2D eigenvalue weighted by Crippen LogP contribution is -2.34. The van der Waals surface area contributed by atoms with Crippen molar-refractivity contribution in [1.82, 2.24) is 0 Å². The van der Waals surface area contributed by atoms with Crippen LogP contribution in [0.25, 0.3) is 0 Å². The second kappa shape index (κ2) is 3.10. The lowest BCUT2D eigenvalue weighted by molar-refractivity contribution is 0.330. The first-order chi connectivity index (χ1) is 7.26. The van der Waals surface area contributed by atoms with E-state index >= 15 is 0 Å². The van der Waals surface area contributed by atoms with Crippen LogP contribution in [0, 0.1) is 6.92 Å². The lowest BCUT2D eigenvalue weighted by atomic mass is 9.62. The molecule has 0 spiro atoms. The highest BCUT2D eigenvalue weighted by Crippen LogP contribution is 2.46. The summed E-state index contributed by atoms with van der Waals surface area (Å²) in [5.41, 5.74) is 4.45. The predicted octanol–water partition coefficient (Wildman–Crippen LogP) is 4.34. The molecule has 82 valence electrons. The zero-order valence-corrected chi connectivity index (χ0v) is 10.6. The molecule has 0 heterocycles. The predicted molar refractivity (Wildman–Crippen MR) is 66.5 cm³/mol. The first kappa shape index (κ1) is 9.45. The van der Waals surface area contributed by atoms with Crippen LogP contribution in [0.3, 0.4) is 0 Å². The second-order valence-electron chi connectivity index (χ2n) is 6.18. The van der Waals surface area contributed by atoms with E-state index in [1.165, 1.54) is 29.5 Å². The Labute approximate surface area is 95.1 Å². The molecule has 0 radical (unpaired) electrons. The number of benzene rings is 1. The molecule has 1 aliphatic carbocycles. The third-order valence-electron chi connectivity index (χ3n) is 3.93. The molecule has 0 aromatic heterocycles. The Bertz CT molecular complexity index is 386. The summed E-state index contributed by atoms with van der Waals surface area (Å²) in [6, 6.07) is 4.78. The van der Waals surface area contributed by atoms with E-state index in [0.29, 0.717) is 0 Å². The highest BCUT2D eigenvalue weighted by molar-refractivity contribution is 5.45. The summed E-state index contributed by atoms with van der Waals surface area (Å²) in [5.74, 6) is 0. The van der Waals surface area contributed by atoms with Gasteiger partial charge < -0.3 is 0 Å². The Morgan fingerprint density at radius 1 is 1.13 bits per heavy atom. The minimum atomic E-state index is 0.161. The van der Waals surface area contributed by atoms with Gasteiger partial charge in [-0.1, -0.05) is 45.9 Å². The van der Waals surface area contributed by atoms with E-state index in [9.17, 15) is 0 Å². The van der Waals surface area contributed by atoms with Gasteiger partial charge in [0.1, 0.15) is 0 Å². The molecule has 0 amide bonds. The van der Waals surface area contributed by atoms with Crippen LogP contribution in [-0.2, 0) is 10.8 Å². The quantitative estimate of drug-likeness (QED) is 0.588. The second-order valence-corrected chi connectivity index (χ2v) is 6.18. The number of fused-ring (bicyclic) bond motifs is 1. The molecule has 0 atom stereocenters. The monoisotopic (exact) mass is 203 g/mol. The van der Waals surface area contributed by atoms with E-state index in [1.807, 2.05) is 6.07 Å². The van der Waals surface area contributed by atoms with E-state index in [1.54, 1.807) is 0 Å². The van der Waals surface area contributed by atoms with Crippen LogP contribution in [0.5, 0.6) is 0 Å². The van der Waals surface area contributed by atoms with Crippen molar-refractivity contribution in [2.24, 2.45) is 0 Å². The molecule has 2 rings (SSSR count). The first-order valence-electron chi connectivity index (χ1n) is 6.37. The Morgan fingerprint density at radius 3 is 2.33 bits per heavy atom. The van der Waals surface area contributed by atoms with E-state index in [4.69, 9.17) is 1.37 Å². The van der Waals surface area contributed by atoms with Crippen molar-refractivity contribution in [2.45, 2.75) is 58.3 Å². The van der Waals surface area contributed by atoms with E-state index in [0.717, 1.165) is 6.04 Å². The van der Waals surface area contributed by atoms with Crippen LogP contribution in [0.1, 0.15) is 58.6 Å². The summed E-state index contributed by atoms with van der Waals surface area (Å²) < 4.78 is 8.18. The minimum absolute atomic E-state index is 0.161. The smallest absolute Gasteiger partial charge is 0.0617 e. The number of rotatable bonds is 0. The maximum atomic E-state index is 8.18. The molecule has 0 saturated carbocycles. The SMILES string of the molecule is [2H]c1ccc(C)c2c1C(C)(C)CCC2(C)C. The molecule has 1 aliphatic rings. The Balaban J connectivity index is 2.79. The van der Waals surface area contributed by atoms with Gasteiger partial charge in [0.25, 0.3) is 0 Å². The summed E-state index contributed by atoms with van der Waals surface area (Å²) in [6.45, 7) is 11.4. The first-order valence-corrected chi connectivity index (χ1v) is 5.87. The van der Waals surface area contributed by atoms with Crippen LogP contribution < -0.4 is 0 Å². The average Bonchev–Trinajstić information content (AvgIpc) is 2.16. The van der Waals surface area contributed by atoms with Crippen molar-refractivity contribution in [1.29, 1.82) is 0 Å². The maximum absolute atomic E-state index is 8.18. The van der Waals surface area contributed by atoms with Crippen LogP contribution in [0.2, 0.25) is 0 Å². The third kappa shape index (κ3) is 1.60. The molecule has 0 unspecified atom stereocenters. The molecule has 0 N–H and O–H groups in total. The van der Waals surface area contributed by atoms with Crippen LogP contribution >= 0.6 is 0 Å². The van der Waals surface area contributed by atoms with Crippen LogP contribution in [0.15, 0.2) is 18.2 Å². The molecule has 0 bridgehead atoms. The molecule has 15 heavy (non-hydrogen) atoms. The zero-order valence-electron chi connectivity index (χ0n) is 11.6. The minimum Gasteiger partial charge on any atom is -0.0617 e. The van der Waals surface area contributed by atoms with Gasteiger partial charge in [0.15, 0.2) is 0 Å². The fourth-order valence-corrected chi connectivity index (χ4v) is 2.88. The summed E-state index contributed by atoms with van der Waals surface area (Å²) in [7, 11) is 0. The average molecular weight is 203 g/mol. The summed E-state index contributed by atoms with van der Waals surface area (Å²) >= 11 is 0. The molecule has 0 saturated heterocycles.